The minimum atomic E-state index is -0.578. The van der Waals surface area contributed by atoms with Crippen LogP contribution < -0.4 is 19.5 Å². The van der Waals surface area contributed by atoms with Gasteiger partial charge < -0.3 is 19.5 Å². The van der Waals surface area contributed by atoms with E-state index in [0.717, 1.165) is 17.1 Å². The third kappa shape index (κ3) is 3.64. The molecule has 0 saturated carbocycles. The zero-order valence-electron chi connectivity index (χ0n) is 16.1. The Hall–Kier alpha value is -3.29. The number of methoxy groups -OCH3 is 3. The van der Waals surface area contributed by atoms with Gasteiger partial charge in [-0.15, -0.1) is 5.10 Å². The SMILES string of the molecule is COc1ccccc1NC(C)(C)c1nnnn1-c1ccc(OC)c(OC)c1. The fourth-order valence-corrected chi connectivity index (χ4v) is 2.85. The highest BCUT2D eigenvalue weighted by Crippen LogP contribution is 2.33. The number of anilines is 1. The van der Waals surface area contributed by atoms with Gasteiger partial charge in [-0.3, -0.25) is 0 Å². The first-order chi connectivity index (χ1) is 13.0. The summed E-state index contributed by atoms with van der Waals surface area (Å²) in [5.74, 6) is 2.63. The van der Waals surface area contributed by atoms with Gasteiger partial charge in [-0.2, -0.15) is 4.68 Å². The molecule has 0 saturated heterocycles. The monoisotopic (exact) mass is 369 g/mol. The van der Waals surface area contributed by atoms with Crippen LogP contribution >= 0.6 is 0 Å². The molecule has 3 aromatic rings. The van der Waals surface area contributed by atoms with Gasteiger partial charge in [0.2, 0.25) is 0 Å². The van der Waals surface area contributed by atoms with Crippen LogP contribution in [0, 0.1) is 0 Å². The lowest BCUT2D eigenvalue weighted by Gasteiger charge is -2.27. The fraction of sp³-hybridized carbons (Fsp3) is 0.316. The van der Waals surface area contributed by atoms with E-state index in [-0.39, 0.29) is 0 Å². The van der Waals surface area contributed by atoms with E-state index < -0.39 is 5.54 Å². The molecular formula is C19H23N5O3. The summed E-state index contributed by atoms with van der Waals surface area (Å²) < 4.78 is 17.8. The molecule has 1 heterocycles. The van der Waals surface area contributed by atoms with Gasteiger partial charge in [0, 0.05) is 6.07 Å². The molecule has 1 N–H and O–H groups in total. The molecule has 3 rings (SSSR count). The Morgan fingerprint density at radius 2 is 1.59 bits per heavy atom. The first-order valence-corrected chi connectivity index (χ1v) is 8.42. The zero-order chi connectivity index (χ0) is 19.4. The molecule has 8 heteroatoms. The summed E-state index contributed by atoms with van der Waals surface area (Å²) in [7, 11) is 4.83. The van der Waals surface area contributed by atoms with Crippen molar-refractivity contribution in [1.29, 1.82) is 0 Å². The van der Waals surface area contributed by atoms with Crippen molar-refractivity contribution in [1.82, 2.24) is 20.2 Å². The number of hydrogen-bond acceptors (Lipinski definition) is 7. The summed E-state index contributed by atoms with van der Waals surface area (Å²) >= 11 is 0. The summed E-state index contributed by atoms with van der Waals surface area (Å²) in [5.41, 5.74) is 1.04. The van der Waals surface area contributed by atoms with Crippen LogP contribution in [0.3, 0.4) is 0 Å². The minimum Gasteiger partial charge on any atom is -0.495 e. The molecule has 1 aromatic heterocycles. The predicted octanol–water partition coefficient (Wildman–Crippen LogP) is 3.04. The number of para-hydroxylation sites is 2. The first-order valence-electron chi connectivity index (χ1n) is 8.42. The van der Waals surface area contributed by atoms with Crippen LogP contribution in [-0.4, -0.2) is 41.5 Å². The number of aromatic nitrogens is 4. The number of nitrogens with zero attached hydrogens (tertiary/aromatic N) is 4. The van der Waals surface area contributed by atoms with Gasteiger partial charge in [0.25, 0.3) is 0 Å². The number of tetrazole rings is 1. The van der Waals surface area contributed by atoms with E-state index >= 15 is 0 Å². The molecule has 27 heavy (non-hydrogen) atoms. The maximum Gasteiger partial charge on any atom is 0.181 e. The van der Waals surface area contributed by atoms with Gasteiger partial charge in [-0.25, -0.2) is 0 Å². The topological polar surface area (TPSA) is 83.3 Å². The number of hydrogen-bond donors (Lipinski definition) is 1. The molecule has 8 nitrogen and oxygen atoms in total. The molecule has 0 atom stereocenters. The van der Waals surface area contributed by atoms with E-state index in [0.29, 0.717) is 17.3 Å². The maximum atomic E-state index is 5.43. The van der Waals surface area contributed by atoms with Crippen LogP contribution in [-0.2, 0) is 5.54 Å². The Bertz CT molecular complexity index is 923. The molecule has 0 aliphatic rings. The highest BCUT2D eigenvalue weighted by molar-refractivity contribution is 5.58. The highest BCUT2D eigenvalue weighted by atomic mass is 16.5. The van der Waals surface area contributed by atoms with Crippen LogP contribution in [0.25, 0.3) is 5.69 Å². The minimum absolute atomic E-state index is 0.578. The molecule has 142 valence electrons. The number of rotatable bonds is 7. The van der Waals surface area contributed by atoms with E-state index in [2.05, 4.69) is 20.8 Å². The van der Waals surface area contributed by atoms with E-state index in [9.17, 15) is 0 Å². The summed E-state index contributed by atoms with van der Waals surface area (Å²) in [4.78, 5) is 0. The van der Waals surface area contributed by atoms with E-state index in [1.54, 1.807) is 26.0 Å². The summed E-state index contributed by atoms with van der Waals surface area (Å²) in [6, 6.07) is 13.2. The average molecular weight is 369 g/mol. The number of ether oxygens (including phenoxy) is 3. The van der Waals surface area contributed by atoms with Crippen molar-refractivity contribution in [2.75, 3.05) is 26.6 Å². The third-order valence-corrected chi connectivity index (χ3v) is 4.19. The first kappa shape index (κ1) is 18.5. The normalized spacial score (nSPS) is 11.1. The van der Waals surface area contributed by atoms with Gasteiger partial charge in [0.05, 0.1) is 38.2 Å². The molecule has 0 amide bonds. The third-order valence-electron chi connectivity index (χ3n) is 4.19. The van der Waals surface area contributed by atoms with Crippen LogP contribution in [0.2, 0.25) is 0 Å². The van der Waals surface area contributed by atoms with Crippen LogP contribution in [0.5, 0.6) is 17.2 Å². The predicted molar refractivity (Wildman–Crippen MR) is 102 cm³/mol. The van der Waals surface area contributed by atoms with Crippen molar-refractivity contribution in [2.24, 2.45) is 0 Å². The Morgan fingerprint density at radius 3 is 2.30 bits per heavy atom. The molecular weight excluding hydrogens is 346 g/mol. The summed E-state index contributed by atoms with van der Waals surface area (Å²) in [6.07, 6.45) is 0. The van der Waals surface area contributed by atoms with Crippen molar-refractivity contribution < 1.29 is 14.2 Å². The van der Waals surface area contributed by atoms with Gasteiger partial charge in [-0.1, -0.05) is 12.1 Å². The van der Waals surface area contributed by atoms with Crippen LogP contribution in [0.1, 0.15) is 19.7 Å². The second kappa shape index (κ2) is 7.53. The highest BCUT2D eigenvalue weighted by Gasteiger charge is 2.29. The van der Waals surface area contributed by atoms with Crippen molar-refractivity contribution >= 4 is 5.69 Å². The molecule has 0 unspecified atom stereocenters. The maximum absolute atomic E-state index is 5.43. The molecule has 2 aromatic carbocycles. The lowest BCUT2D eigenvalue weighted by Crippen LogP contribution is -2.32. The molecule has 0 aliphatic carbocycles. The van der Waals surface area contributed by atoms with Crippen LogP contribution in [0.15, 0.2) is 42.5 Å². The largest absolute Gasteiger partial charge is 0.495 e. The lowest BCUT2D eigenvalue weighted by atomic mass is 10.0. The van der Waals surface area contributed by atoms with Crippen molar-refractivity contribution in [3.8, 4) is 22.9 Å². The summed E-state index contributed by atoms with van der Waals surface area (Å²) in [6.45, 7) is 4.00. The Morgan fingerprint density at radius 1 is 0.889 bits per heavy atom. The molecule has 0 fully saturated rings. The van der Waals surface area contributed by atoms with Crippen molar-refractivity contribution in [3.63, 3.8) is 0 Å². The Kier molecular flexibility index (Phi) is 5.16. The van der Waals surface area contributed by atoms with Gasteiger partial charge in [0.15, 0.2) is 17.3 Å². The second-order valence-electron chi connectivity index (χ2n) is 6.40. The lowest BCUT2D eigenvalue weighted by molar-refractivity contribution is 0.354. The smallest absolute Gasteiger partial charge is 0.181 e. The van der Waals surface area contributed by atoms with Crippen molar-refractivity contribution in [3.05, 3.63) is 48.3 Å². The van der Waals surface area contributed by atoms with Gasteiger partial charge in [0.1, 0.15) is 5.75 Å². The van der Waals surface area contributed by atoms with Crippen molar-refractivity contribution in [2.45, 2.75) is 19.4 Å². The molecule has 0 radical (unpaired) electrons. The fourth-order valence-electron chi connectivity index (χ4n) is 2.85. The standard InChI is InChI=1S/C19H23N5O3/c1-19(2,20-14-8-6-7-9-15(14)25-3)18-21-22-23-24(18)13-10-11-16(26-4)17(12-13)27-5/h6-12,20H,1-5H3. The second-order valence-corrected chi connectivity index (χ2v) is 6.40. The quantitative estimate of drug-likeness (QED) is 0.685. The zero-order valence-corrected chi connectivity index (χ0v) is 16.1. The van der Waals surface area contributed by atoms with E-state index in [1.807, 2.05) is 56.3 Å². The van der Waals surface area contributed by atoms with E-state index in [1.165, 1.54) is 0 Å². The number of benzene rings is 2. The van der Waals surface area contributed by atoms with Crippen LogP contribution in [0.4, 0.5) is 5.69 Å². The molecule has 0 bridgehead atoms. The average Bonchev–Trinajstić information content (AvgIpc) is 3.18. The van der Waals surface area contributed by atoms with Gasteiger partial charge in [-0.05, 0) is 48.5 Å². The molecule has 0 aliphatic heterocycles. The number of nitrogens with one attached hydrogen (secondary N) is 1. The molecule has 0 spiro atoms. The Labute approximate surface area is 158 Å². The van der Waals surface area contributed by atoms with Gasteiger partial charge >= 0.3 is 0 Å². The Balaban J connectivity index is 1.98. The van der Waals surface area contributed by atoms with E-state index in [4.69, 9.17) is 14.2 Å². The summed E-state index contributed by atoms with van der Waals surface area (Å²) in [5, 5.41) is 15.7.